The molecule has 0 amide bonds. The van der Waals surface area contributed by atoms with Gasteiger partial charge in [-0.1, -0.05) is 18.2 Å². The molecule has 0 fully saturated rings. The molecule has 1 N–H and O–H groups in total. The first-order chi connectivity index (χ1) is 6.81. The summed E-state index contributed by atoms with van der Waals surface area (Å²) in [7, 11) is 1.62. The molecule has 0 spiro atoms. The van der Waals surface area contributed by atoms with Gasteiger partial charge >= 0.3 is 0 Å². The predicted molar refractivity (Wildman–Crippen MR) is 54.1 cm³/mol. The first kappa shape index (κ1) is 9.49. The maximum Gasteiger partial charge on any atom is 0.127 e. The molecule has 76 valence electrons. The lowest BCUT2D eigenvalue weighted by molar-refractivity contribution is 0.0858. The zero-order valence-corrected chi connectivity index (χ0v) is 8.54. The van der Waals surface area contributed by atoms with Crippen molar-refractivity contribution in [2.45, 2.75) is 26.0 Å². The van der Waals surface area contributed by atoms with Crippen molar-refractivity contribution >= 4 is 0 Å². The number of para-hydroxylation sites is 1. The summed E-state index contributed by atoms with van der Waals surface area (Å²) in [6, 6.07) is 6.24. The number of hydrogen-bond donors (Lipinski definition) is 1. The Hall–Kier alpha value is -1.06. The van der Waals surface area contributed by atoms with Crippen LogP contribution < -0.4 is 10.2 Å². The third-order valence-electron chi connectivity index (χ3n) is 2.41. The van der Waals surface area contributed by atoms with Crippen molar-refractivity contribution < 1.29 is 9.57 Å². The van der Waals surface area contributed by atoms with Gasteiger partial charge in [-0.15, -0.1) is 0 Å². The second-order valence-electron chi connectivity index (χ2n) is 3.56. The van der Waals surface area contributed by atoms with E-state index in [1.165, 1.54) is 5.56 Å². The molecule has 2 rings (SSSR count). The molecule has 1 aliphatic rings. The fourth-order valence-electron chi connectivity index (χ4n) is 1.79. The molecule has 0 saturated heterocycles. The van der Waals surface area contributed by atoms with Crippen molar-refractivity contribution in [1.82, 2.24) is 5.48 Å². The minimum absolute atomic E-state index is 0.300. The van der Waals surface area contributed by atoms with Gasteiger partial charge in [0.1, 0.15) is 11.9 Å². The Labute approximate surface area is 84.0 Å². The molecular weight excluding hydrogens is 178 g/mol. The van der Waals surface area contributed by atoms with E-state index in [9.17, 15) is 0 Å². The van der Waals surface area contributed by atoms with E-state index in [4.69, 9.17) is 9.57 Å². The molecule has 0 bridgehead atoms. The van der Waals surface area contributed by atoms with Crippen LogP contribution in [0.5, 0.6) is 5.75 Å². The zero-order chi connectivity index (χ0) is 9.97. The molecule has 1 heterocycles. The third kappa shape index (κ3) is 1.74. The van der Waals surface area contributed by atoms with Gasteiger partial charge in [-0.05, 0) is 12.5 Å². The van der Waals surface area contributed by atoms with Crippen LogP contribution in [-0.2, 0) is 17.8 Å². The van der Waals surface area contributed by atoms with Crippen molar-refractivity contribution in [2.75, 3.05) is 7.11 Å². The molecule has 0 saturated carbocycles. The fraction of sp³-hybridized carbons (Fsp3) is 0.455. The normalized spacial score (nSPS) is 19.1. The Kier molecular flexibility index (Phi) is 2.70. The van der Waals surface area contributed by atoms with Gasteiger partial charge < -0.3 is 9.57 Å². The van der Waals surface area contributed by atoms with Gasteiger partial charge in [0, 0.05) is 18.5 Å². The summed E-state index contributed by atoms with van der Waals surface area (Å²) in [5.41, 5.74) is 5.29. The molecular formula is C11H15NO2. The highest BCUT2D eigenvalue weighted by Gasteiger charge is 2.21. The van der Waals surface area contributed by atoms with Gasteiger partial charge in [-0.3, -0.25) is 0 Å². The van der Waals surface area contributed by atoms with Crippen LogP contribution in [0.15, 0.2) is 18.2 Å². The topological polar surface area (TPSA) is 30.5 Å². The SMILES string of the molecule is CONCc1cccc2c1OC(C)C2. The molecule has 14 heavy (non-hydrogen) atoms. The average Bonchev–Trinajstić information content (AvgIpc) is 2.55. The summed E-state index contributed by atoms with van der Waals surface area (Å²) in [5.74, 6) is 1.03. The smallest absolute Gasteiger partial charge is 0.127 e. The number of hydroxylamine groups is 1. The third-order valence-corrected chi connectivity index (χ3v) is 2.41. The number of nitrogens with one attached hydrogen (secondary N) is 1. The lowest BCUT2D eigenvalue weighted by atomic mass is 10.1. The van der Waals surface area contributed by atoms with Crippen LogP contribution in [0, 0.1) is 0 Å². The van der Waals surface area contributed by atoms with Crippen LogP contribution in [0.25, 0.3) is 0 Å². The molecule has 0 aromatic heterocycles. The van der Waals surface area contributed by atoms with Gasteiger partial charge in [0.2, 0.25) is 0 Å². The monoisotopic (exact) mass is 193 g/mol. The molecule has 1 atom stereocenters. The highest BCUT2D eigenvalue weighted by atomic mass is 16.6. The van der Waals surface area contributed by atoms with Crippen LogP contribution in [0.4, 0.5) is 0 Å². The number of rotatable bonds is 3. The Morgan fingerprint density at radius 3 is 3.21 bits per heavy atom. The zero-order valence-electron chi connectivity index (χ0n) is 8.54. The maximum atomic E-state index is 5.74. The van der Waals surface area contributed by atoms with E-state index >= 15 is 0 Å². The molecule has 1 aliphatic heterocycles. The summed E-state index contributed by atoms with van der Waals surface area (Å²) in [5, 5.41) is 0. The van der Waals surface area contributed by atoms with Crippen molar-refractivity contribution in [3.63, 3.8) is 0 Å². The molecule has 3 nitrogen and oxygen atoms in total. The molecule has 1 unspecified atom stereocenters. The van der Waals surface area contributed by atoms with E-state index in [-0.39, 0.29) is 0 Å². The van der Waals surface area contributed by atoms with Gasteiger partial charge in [0.25, 0.3) is 0 Å². The maximum absolute atomic E-state index is 5.74. The van der Waals surface area contributed by atoms with Gasteiger partial charge in [0.15, 0.2) is 0 Å². The average molecular weight is 193 g/mol. The molecule has 0 aliphatic carbocycles. The van der Waals surface area contributed by atoms with E-state index in [0.29, 0.717) is 12.6 Å². The summed E-state index contributed by atoms with van der Waals surface area (Å²) < 4.78 is 5.74. The second kappa shape index (κ2) is 3.98. The minimum atomic E-state index is 0.300. The van der Waals surface area contributed by atoms with Crippen molar-refractivity contribution in [1.29, 1.82) is 0 Å². The van der Waals surface area contributed by atoms with Crippen LogP contribution in [0.3, 0.4) is 0 Å². The standard InChI is InChI=1S/C11H15NO2/c1-8-6-9-4-3-5-10(7-12-13-2)11(9)14-8/h3-5,8,12H,6-7H2,1-2H3. The van der Waals surface area contributed by atoms with Gasteiger partial charge in [-0.2, -0.15) is 5.48 Å². The summed E-state index contributed by atoms with van der Waals surface area (Å²) in [6.07, 6.45) is 1.31. The first-order valence-corrected chi connectivity index (χ1v) is 4.84. The first-order valence-electron chi connectivity index (χ1n) is 4.84. The van der Waals surface area contributed by atoms with E-state index in [1.807, 2.05) is 0 Å². The summed E-state index contributed by atoms with van der Waals surface area (Å²) in [4.78, 5) is 4.83. The Morgan fingerprint density at radius 1 is 1.57 bits per heavy atom. The van der Waals surface area contributed by atoms with Crippen LogP contribution in [0.2, 0.25) is 0 Å². The van der Waals surface area contributed by atoms with E-state index in [2.05, 4.69) is 30.6 Å². The van der Waals surface area contributed by atoms with Crippen LogP contribution in [-0.4, -0.2) is 13.2 Å². The van der Waals surface area contributed by atoms with Gasteiger partial charge in [-0.25, -0.2) is 0 Å². The highest BCUT2D eigenvalue weighted by molar-refractivity contribution is 5.44. The van der Waals surface area contributed by atoms with Crippen molar-refractivity contribution in [3.8, 4) is 5.75 Å². The molecule has 0 radical (unpaired) electrons. The second-order valence-corrected chi connectivity index (χ2v) is 3.56. The quantitative estimate of drug-likeness (QED) is 0.740. The largest absolute Gasteiger partial charge is 0.490 e. The minimum Gasteiger partial charge on any atom is -0.490 e. The van der Waals surface area contributed by atoms with Gasteiger partial charge in [0.05, 0.1) is 7.11 Å². The Morgan fingerprint density at radius 2 is 2.43 bits per heavy atom. The molecule has 1 aromatic carbocycles. The summed E-state index contributed by atoms with van der Waals surface area (Å²) >= 11 is 0. The molecule has 1 aromatic rings. The molecule has 3 heteroatoms. The van der Waals surface area contributed by atoms with Crippen LogP contribution in [0.1, 0.15) is 18.1 Å². The number of benzene rings is 1. The number of fused-ring (bicyclic) bond motifs is 1. The van der Waals surface area contributed by atoms with Crippen molar-refractivity contribution in [3.05, 3.63) is 29.3 Å². The number of hydrogen-bond acceptors (Lipinski definition) is 3. The predicted octanol–water partition coefficient (Wildman–Crippen LogP) is 1.66. The van der Waals surface area contributed by atoms with E-state index < -0.39 is 0 Å². The highest BCUT2D eigenvalue weighted by Crippen LogP contribution is 2.32. The van der Waals surface area contributed by atoms with E-state index in [1.54, 1.807) is 7.11 Å². The van der Waals surface area contributed by atoms with E-state index in [0.717, 1.165) is 17.7 Å². The lowest BCUT2D eigenvalue weighted by Crippen LogP contribution is -2.12. The summed E-state index contributed by atoms with van der Waals surface area (Å²) in [6.45, 7) is 2.78. The lowest BCUT2D eigenvalue weighted by Gasteiger charge is -2.09. The van der Waals surface area contributed by atoms with Crippen molar-refractivity contribution in [2.24, 2.45) is 0 Å². The van der Waals surface area contributed by atoms with Crippen LogP contribution >= 0.6 is 0 Å². The number of ether oxygens (including phenoxy) is 1. The fourth-order valence-corrected chi connectivity index (χ4v) is 1.79. The Bertz CT molecular complexity index is 325. The Balaban J connectivity index is 2.21.